The van der Waals surface area contributed by atoms with Crippen molar-refractivity contribution in [3.63, 3.8) is 0 Å². The molecule has 7 heteroatoms. The summed E-state index contributed by atoms with van der Waals surface area (Å²) in [6.45, 7) is 3.92. The fourth-order valence-electron chi connectivity index (χ4n) is 1.37. The molecule has 0 radical (unpaired) electrons. The number of hydrogen-bond acceptors (Lipinski definition) is 5. The van der Waals surface area contributed by atoms with Crippen molar-refractivity contribution >= 4 is 10.0 Å². The summed E-state index contributed by atoms with van der Waals surface area (Å²) in [4.78, 5) is 0. The van der Waals surface area contributed by atoms with Crippen molar-refractivity contribution in [3.8, 4) is 0 Å². The molecule has 18 heavy (non-hydrogen) atoms. The van der Waals surface area contributed by atoms with E-state index in [0.29, 0.717) is 38.5 Å². The maximum absolute atomic E-state index is 11.8. The zero-order valence-electron chi connectivity index (χ0n) is 10.7. The molecule has 1 aromatic rings. The topological polar surface area (TPSA) is 80.6 Å². The van der Waals surface area contributed by atoms with Crippen LogP contribution < -0.4 is 10.0 Å². The second-order valence-corrected chi connectivity index (χ2v) is 5.40. The monoisotopic (exact) mass is 276 g/mol. The largest absolute Gasteiger partial charge is 0.447 e. The molecule has 6 nitrogen and oxygen atoms in total. The summed E-state index contributed by atoms with van der Waals surface area (Å²) < 4.78 is 36.4. The van der Waals surface area contributed by atoms with E-state index in [1.165, 1.54) is 6.07 Å². The maximum Gasteiger partial charge on any atom is 0.273 e. The first-order chi connectivity index (χ1) is 8.60. The third kappa shape index (κ3) is 4.77. The number of nitrogens with one attached hydrogen (secondary N) is 2. The summed E-state index contributed by atoms with van der Waals surface area (Å²) >= 11 is 0. The van der Waals surface area contributed by atoms with Gasteiger partial charge in [-0.2, -0.15) is 0 Å². The van der Waals surface area contributed by atoms with E-state index < -0.39 is 10.0 Å². The van der Waals surface area contributed by atoms with E-state index in [1.807, 2.05) is 6.92 Å². The molecule has 0 atom stereocenters. The minimum absolute atomic E-state index is 0.0517. The van der Waals surface area contributed by atoms with E-state index in [4.69, 9.17) is 9.15 Å². The average Bonchev–Trinajstić information content (AvgIpc) is 2.79. The normalized spacial score (nSPS) is 11.9. The van der Waals surface area contributed by atoms with Gasteiger partial charge in [0, 0.05) is 19.8 Å². The molecule has 0 unspecified atom stereocenters. The zero-order chi connectivity index (χ0) is 13.4. The first-order valence-electron chi connectivity index (χ1n) is 5.91. The number of ether oxygens (including phenoxy) is 1. The minimum atomic E-state index is -3.54. The predicted octanol–water partition coefficient (Wildman–Crippen LogP) is 0.704. The molecular weight excluding hydrogens is 256 g/mol. The van der Waals surface area contributed by atoms with Crippen molar-refractivity contribution in [2.75, 3.05) is 26.8 Å². The predicted molar refractivity (Wildman–Crippen MR) is 67.8 cm³/mol. The molecule has 0 amide bonds. The lowest BCUT2D eigenvalue weighted by Crippen LogP contribution is -2.25. The van der Waals surface area contributed by atoms with E-state index in [-0.39, 0.29) is 5.09 Å². The molecule has 0 bridgehead atoms. The smallest absolute Gasteiger partial charge is 0.273 e. The van der Waals surface area contributed by atoms with E-state index in [0.717, 1.165) is 0 Å². The van der Waals surface area contributed by atoms with Crippen molar-refractivity contribution in [2.45, 2.75) is 25.0 Å². The lowest BCUT2D eigenvalue weighted by Gasteiger charge is -2.04. The van der Waals surface area contributed by atoms with Crippen LogP contribution >= 0.6 is 0 Å². The van der Waals surface area contributed by atoms with Crippen LogP contribution in [0.25, 0.3) is 0 Å². The lowest BCUT2D eigenvalue weighted by atomic mass is 10.4. The van der Waals surface area contributed by atoms with E-state index in [1.54, 1.807) is 13.1 Å². The molecule has 1 heterocycles. The van der Waals surface area contributed by atoms with Gasteiger partial charge in [0.1, 0.15) is 5.76 Å². The zero-order valence-corrected chi connectivity index (χ0v) is 11.5. The lowest BCUT2D eigenvalue weighted by molar-refractivity contribution is 0.146. The molecule has 0 aromatic carbocycles. The van der Waals surface area contributed by atoms with Gasteiger partial charge in [-0.3, -0.25) is 0 Å². The number of sulfonamides is 1. The van der Waals surface area contributed by atoms with Gasteiger partial charge in [0.05, 0.1) is 6.54 Å². The number of rotatable bonds is 9. The van der Waals surface area contributed by atoms with Crippen molar-refractivity contribution in [3.05, 3.63) is 17.9 Å². The number of furan rings is 1. The molecule has 0 spiro atoms. The highest BCUT2D eigenvalue weighted by Gasteiger charge is 2.17. The molecule has 0 saturated heterocycles. The van der Waals surface area contributed by atoms with Gasteiger partial charge in [-0.1, -0.05) is 0 Å². The molecule has 1 aromatic heterocycles. The highest BCUT2D eigenvalue weighted by Crippen LogP contribution is 2.13. The standard InChI is InChI=1S/C11H20N2O4S/c1-3-16-8-4-7-13-18(14,15)11-6-5-10(17-11)9-12-2/h5-6,12-13H,3-4,7-9H2,1-2H3. The van der Waals surface area contributed by atoms with E-state index in [9.17, 15) is 8.42 Å². The summed E-state index contributed by atoms with van der Waals surface area (Å²) in [6, 6.07) is 3.10. The molecule has 0 aliphatic heterocycles. The Labute approximate surface area is 108 Å². The summed E-state index contributed by atoms with van der Waals surface area (Å²) in [5.41, 5.74) is 0. The van der Waals surface area contributed by atoms with Gasteiger partial charge in [-0.05, 0) is 32.5 Å². The Kier molecular flexibility index (Phi) is 6.34. The molecular formula is C11H20N2O4S. The van der Waals surface area contributed by atoms with Crippen LogP contribution in [0.1, 0.15) is 19.1 Å². The molecule has 104 valence electrons. The maximum atomic E-state index is 11.8. The second kappa shape index (κ2) is 7.52. The quantitative estimate of drug-likeness (QED) is 0.649. The first-order valence-corrected chi connectivity index (χ1v) is 7.39. The molecule has 1 rings (SSSR count). The highest BCUT2D eigenvalue weighted by atomic mass is 32.2. The van der Waals surface area contributed by atoms with E-state index >= 15 is 0 Å². The third-order valence-electron chi connectivity index (χ3n) is 2.21. The van der Waals surface area contributed by atoms with Crippen molar-refractivity contribution < 1.29 is 17.6 Å². The summed E-state index contributed by atoms with van der Waals surface area (Å²) in [7, 11) is -1.78. The second-order valence-electron chi connectivity index (χ2n) is 3.70. The van der Waals surface area contributed by atoms with Gasteiger partial charge in [0.2, 0.25) is 5.09 Å². The summed E-state index contributed by atoms with van der Waals surface area (Å²) in [5.74, 6) is 0.590. The van der Waals surface area contributed by atoms with Gasteiger partial charge >= 0.3 is 0 Å². The summed E-state index contributed by atoms with van der Waals surface area (Å²) in [6.07, 6.45) is 0.636. The first kappa shape index (κ1) is 15.2. The SMILES string of the molecule is CCOCCCNS(=O)(=O)c1ccc(CNC)o1. The van der Waals surface area contributed by atoms with Gasteiger partial charge in [0.25, 0.3) is 10.0 Å². The fourth-order valence-corrected chi connectivity index (χ4v) is 2.39. The van der Waals surface area contributed by atoms with Crippen molar-refractivity contribution in [1.29, 1.82) is 0 Å². The van der Waals surface area contributed by atoms with Crippen LogP contribution in [0.15, 0.2) is 21.6 Å². The third-order valence-corrected chi connectivity index (χ3v) is 3.55. The summed E-state index contributed by atoms with van der Waals surface area (Å²) in [5, 5.41) is 2.84. The molecule has 0 aliphatic rings. The van der Waals surface area contributed by atoms with Gasteiger partial charge in [0.15, 0.2) is 0 Å². The Morgan fingerprint density at radius 1 is 1.39 bits per heavy atom. The van der Waals surface area contributed by atoms with Crippen LogP contribution in [0.5, 0.6) is 0 Å². The van der Waals surface area contributed by atoms with Crippen molar-refractivity contribution in [1.82, 2.24) is 10.0 Å². The molecule has 0 fully saturated rings. The van der Waals surface area contributed by atoms with Crippen molar-refractivity contribution in [2.24, 2.45) is 0 Å². The Morgan fingerprint density at radius 3 is 2.83 bits per heavy atom. The Hall–Kier alpha value is -0.890. The minimum Gasteiger partial charge on any atom is -0.447 e. The average molecular weight is 276 g/mol. The van der Waals surface area contributed by atoms with Crippen LogP contribution in [0.4, 0.5) is 0 Å². The van der Waals surface area contributed by atoms with Crippen LogP contribution in [0.2, 0.25) is 0 Å². The van der Waals surface area contributed by atoms with Crippen LogP contribution in [-0.2, 0) is 21.3 Å². The van der Waals surface area contributed by atoms with Crippen LogP contribution in [0.3, 0.4) is 0 Å². The Balaban J connectivity index is 2.46. The Morgan fingerprint density at radius 2 is 2.17 bits per heavy atom. The van der Waals surface area contributed by atoms with Gasteiger partial charge < -0.3 is 14.5 Å². The van der Waals surface area contributed by atoms with Crippen LogP contribution in [-0.4, -0.2) is 35.2 Å². The fraction of sp³-hybridized carbons (Fsp3) is 0.636. The molecule has 2 N–H and O–H groups in total. The molecule has 0 saturated carbocycles. The molecule has 0 aliphatic carbocycles. The van der Waals surface area contributed by atoms with Crippen LogP contribution in [0, 0.1) is 0 Å². The Bertz CT molecular complexity index is 442. The highest BCUT2D eigenvalue weighted by molar-refractivity contribution is 7.89. The van der Waals surface area contributed by atoms with Gasteiger partial charge in [-0.15, -0.1) is 0 Å². The van der Waals surface area contributed by atoms with E-state index in [2.05, 4.69) is 10.0 Å². The number of hydrogen-bond donors (Lipinski definition) is 2. The van der Waals surface area contributed by atoms with Gasteiger partial charge in [-0.25, -0.2) is 13.1 Å².